The van der Waals surface area contributed by atoms with E-state index in [2.05, 4.69) is 20.2 Å². The van der Waals surface area contributed by atoms with E-state index in [1.54, 1.807) is 18.0 Å². The zero-order chi connectivity index (χ0) is 16.2. The fourth-order valence-corrected chi connectivity index (χ4v) is 4.39. The van der Waals surface area contributed by atoms with Gasteiger partial charge in [-0.25, -0.2) is 9.97 Å². The minimum Gasteiger partial charge on any atom is -0.393 e. The Morgan fingerprint density at radius 3 is 2.57 bits per heavy atom. The second-order valence-electron chi connectivity index (χ2n) is 6.43. The summed E-state index contributed by atoms with van der Waals surface area (Å²) in [5, 5.41) is 15.5. The maximum Gasteiger partial charge on any atom is 0.226 e. The van der Waals surface area contributed by atoms with Gasteiger partial charge in [-0.2, -0.15) is 0 Å². The first kappa shape index (κ1) is 17.3. The van der Waals surface area contributed by atoms with Crippen molar-refractivity contribution < 1.29 is 5.11 Å². The summed E-state index contributed by atoms with van der Waals surface area (Å²) in [6.45, 7) is 3.89. The molecule has 0 aromatic carbocycles. The molecule has 1 unspecified atom stereocenters. The molecule has 2 aliphatic rings. The van der Waals surface area contributed by atoms with Crippen molar-refractivity contribution in [1.82, 2.24) is 15.3 Å². The van der Waals surface area contributed by atoms with Crippen LogP contribution < -0.4 is 10.2 Å². The number of piperidine rings is 2. The van der Waals surface area contributed by atoms with Crippen LogP contribution in [0.4, 0.5) is 5.95 Å². The molecule has 0 radical (unpaired) electrons. The highest BCUT2D eigenvalue weighted by Crippen LogP contribution is 2.31. The summed E-state index contributed by atoms with van der Waals surface area (Å²) in [7, 11) is 0. The molecule has 7 heteroatoms. The van der Waals surface area contributed by atoms with E-state index in [0.29, 0.717) is 16.9 Å². The lowest BCUT2D eigenvalue weighted by Gasteiger charge is -2.38. The predicted molar refractivity (Wildman–Crippen MR) is 95.4 cm³/mol. The fourth-order valence-electron chi connectivity index (χ4n) is 3.65. The summed E-state index contributed by atoms with van der Waals surface area (Å²) >= 11 is 7.63. The maximum atomic E-state index is 10.7. The van der Waals surface area contributed by atoms with Gasteiger partial charge >= 0.3 is 0 Å². The van der Waals surface area contributed by atoms with Crippen LogP contribution in [-0.2, 0) is 0 Å². The Kier molecular flexibility index (Phi) is 6.01. The van der Waals surface area contributed by atoms with Gasteiger partial charge in [-0.15, -0.1) is 11.8 Å². The Balaban J connectivity index is 1.57. The van der Waals surface area contributed by atoms with Gasteiger partial charge in [0, 0.05) is 13.1 Å². The fraction of sp³-hybridized carbons (Fsp3) is 0.750. The number of hydrogen-bond acceptors (Lipinski definition) is 6. The molecule has 0 aliphatic carbocycles. The molecule has 3 heterocycles. The van der Waals surface area contributed by atoms with Gasteiger partial charge in [-0.1, -0.05) is 11.6 Å². The van der Waals surface area contributed by atoms with Gasteiger partial charge in [0.1, 0.15) is 5.03 Å². The normalized spacial score (nSPS) is 22.3. The zero-order valence-corrected chi connectivity index (χ0v) is 15.1. The van der Waals surface area contributed by atoms with Gasteiger partial charge in [0.05, 0.1) is 17.3 Å². The molecule has 23 heavy (non-hydrogen) atoms. The maximum absolute atomic E-state index is 10.7. The number of aromatic nitrogens is 2. The second kappa shape index (κ2) is 8.01. The number of nitrogens with one attached hydrogen (secondary N) is 1. The summed E-state index contributed by atoms with van der Waals surface area (Å²) < 4.78 is 0. The van der Waals surface area contributed by atoms with Crippen LogP contribution in [0.5, 0.6) is 0 Å². The Bertz CT molecular complexity index is 519. The summed E-state index contributed by atoms with van der Waals surface area (Å²) in [6.07, 6.45) is 7.70. The molecule has 1 aromatic rings. The Labute approximate surface area is 147 Å². The van der Waals surface area contributed by atoms with E-state index in [1.807, 2.05) is 6.26 Å². The van der Waals surface area contributed by atoms with E-state index in [1.165, 1.54) is 0 Å². The standard InChI is InChI=1S/C16H25ClN4OS/c1-23-15-13(17)10-19-16(20-15)21-8-4-12(5-9-21)14(22)11-2-6-18-7-3-11/h10-12,14,18,22H,2-9H2,1H3. The van der Waals surface area contributed by atoms with Crippen molar-refractivity contribution in [2.45, 2.75) is 36.8 Å². The molecule has 3 rings (SSSR count). The average molecular weight is 357 g/mol. The van der Waals surface area contributed by atoms with Crippen LogP contribution in [0.2, 0.25) is 5.02 Å². The third-order valence-corrected chi connectivity index (χ3v) is 6.15. The molecule has 5 nitrogen and oxygen atoms in total. The first-order valence-electron chi connectivity index (χ1n) is 8.39. The topological polar surface area (TPSA) is 61.3 Å². The van der Waals surface area contributed by atoms with Gasteiger partial charge < -0.3 is 15.3 Å². The van der Waals surface area contributed by atoms with Crippen molar-refractivity contribution in [3.63, 3.8) is 0 Å². The minimum atomic E-state index is -0.160. The van der Waals surface area contributed by atoms with Crippen molar-refractivity contribution in [3.05, 3.63) is 11.2 Å². The van der Waals surface area contributed by atoms with Crippen molar-refractivity contribution in [2.24, 2.45) is 11.8 Å². The van der Waals surface area contributed by atoms with E-state index in [0.717, 1.165) is 62.8 Å². The SMILES string of the molecule is CSc1nc(N2CCC(C(O)C3CCNCC3)CC2)ncc1Cl. The van der Waals surface area contributed by atoms with Crippen LogP contribution >= 0.6 is 23.4 Å². The third-order valence-electron chi connectivity index (χ3n) is 5.06. The van der Waals surface area contributed by atoms with Gasteiger partial charge in [0.25, 0.3) is 0 Å². The highest BCUT2D eigenvalue weighted by Gasteiger charge is 2.32. The lowest BCUT2D eigenvalue weighted by molar-refractivity contribution is 0.0264. The lowest BCUT2D eigenvalue weighted by atomic mass is 9.80. The number of hydrogen-bond donors (Lipinski definition) is 2. The van der Waals surface area contributed by atoms with E-state index < -0.39 is 0 Å². The van der Waals surface area contributed by atoms with Crippen molar-refractivity contribution in [3.8, 4) is 0 Å². The van der Waals surface area contributed by atoms with Crippen molar-refractivity contribution in [1.29, 1.82) is 0 Å². The van der Waals surface area contributed by atoms with E-state index in [-0.39, 0.29) is 6.10 Å². The predicted octanol–water partition coefficient (Wildman–Crippen LogP) is 2.43. The lowest BCUT2D eigenvalue weighted by Crippen LogP contribution is -2.43. The molecule has 1 atom stereocenters. The first-order chi connectivity index (χ1) is 11.2. The second-order valence-corrected chi connectivity index (χ2v) is 7.63. The average Bonchev–Trinajstić information content (AvgIpc) is 2.62. The van der Waals surface area contributed by atoms with Crippen LogP contribution in [-0.4, -0.2) is 53.6 Å². The molecule has 2 aliphatic heterocycles. The molecule has 0 saturated carbocycles. The van der Waals surface area contributed by atoms with Crippen molar-refractivity contribution >= 4 is 29.3 Å². The summed E-state index contributed by atoms with van der Waals surface area (Å²) in [4.78, 5) is 11.1. The van der Waals surface area contributed by atoms with E-state index >= 15 is 0 Å². The van der Waals surface area contributed by atoms with Gasteiger partial charge in [0.15, 0.2) is 0 Å². The van der Waals surface area contributed by atoms with Crippen LogP contribution in [0, 0.1) is 11.8 Å². The zero-order valence-electron chi connectivity index (χ0n) is 13.5. The monoisotopic (exact) mass is 356 g/mol. The molecule has 0 bridgehead atoms. The van der Waals surface area contributed by atoms with Gasteiger partial charge in [0.2, 0.25) is 5.95 Å². The number of aliphatic hydroxyl groups excluding tert-OH is 1. The molecule has 2 N–H and O–H groups in total. The Morgan fingerprint density at radius 1 is 1.26 bits per heavy atom. The molecular formula is C16H25ClN4OS. The molecular weight excluding hydrogens is 332 g/mol. The Hall–Kier alpha value is -0.560. The number of halogens is 1. The van der Waals surface area contributed by atoms with Gasteiger partial charge in [-0.05, 0) is 56.9 Å². The first-order valence-corrected chi connectivity index (χ1v) is 9.99. The number of aliphatic hydroxyl groups is 1. The third kappa shape index (κ3) is 4.10. The Morgan fingerprint density at radius 2 is 1.91 bits per heavy atom. The van der Waals surface area contributed by atoms with Crippen LogP contribution in [0.15, 0.2) is 11.2 Å². The molecule has 0 spiro atoms. The summed E-state index contributed by atoms with van der Waals surface area (Å²) in [5.74, 6) is 1.62. The molecule has 1 aromatic heterocycles. The number of rotatable bonds is 4. The van der Waals surface area contributed by atoms with Crippen LogP contribution in [0.3, 0.4) is 0 Å². The van der Waals surface area contributed by atoms with E-state index in [9.17, 15) is 5.11 Å². The highest BCUT2D eigenvalue weighted by molar-refractivity contribution is 7.98. The van der Waals surface area contributed by atoms with Crippen LogP contribution in [0.25, 0.3) is 0 Å². The number of nitrogens with zero attached hydrogens (tertiary/aromatic N) is 3. The summed E-state index contributed by atoms with van der Waals surface area (Å²) in [6, 6.07) is 0. The summed E-state index contributed by atoms with van der Waals surface area (Å²) in [5.41, 5.74) is 0. The molecule has 2 fully saturated rings. The van der Waals surface area contributed by atoms with Gasteiger partial charge in [-0.3, -0.25) is 0 Å². The smallest absolute Gasteiger partial charge is 0.226 e. The number of anilines is 1. The number of thioether (sulfide) groups is 1. The largest absolute Gasteiger partial charge is 0.393 e. The highest BCUT2D eigenvalue weighted by atomic mass is 35.5. The van der Waals surface area contributed by atoms with E-state index in [4.69, 9.17) is 11.6 Å². The van der Waals surface area contributed by atoms with Crippen LogP contribution in [0.1, 0.15) is 25.7 Å². The molecule has 128 valence electrons. The quantitative estimate of drug-likeness (QED) is 0.638. The molecule has 2 saturated heterocycles. The minimum absolute atomic E-state index is 0.160. The van der Waals surface area contributed by atoms with Crippen molar-refractivity contribution in [2.75, 3.05) is 37.3 Å². The molecule has 0 amide bonds.